The number of aryl methyl sites for hydroxylation is 1. The maximum Gasteiger partial charge on any atom is 0.153 e. The molecule has 0 amide bonds. The predicted octanol–water partition coefficient (Wildman–Crippen LogP) is 1.18. The van der Waals surface area contributed by atoms with Crippen molar-refractivity contribution in [2.75, 3.05) is 7.05 Å². The second-order valence-electron chi connectivity index (χ2n) is 4.80. The van der Waals surface area contributed by atoms with Crippen molar-refractivity contribution in [3.05, 3.63) is 35.7 Å². The first-order chi connectivity index (χ1) is 8.88. The topological polar surface area (TPSA) is 47.7 Å². The zero-order valence-corrected chi connectivity index (χ0v) is 10.8. The molecule has 2 aromatic rings. The molecule has 3 heterocycles. The lowest BCUT2D eigenvalue weighted by Crippen LogP contribution is -2.17. The lowest BCUT2D eigenvalue weighted by molar-refractivity contribution is 0.499. The summed E-state index contributed by atoms with van der Waals surface area (Å²) in [4.78, 5) is 0. The van der Waals surface area contributed by atoms with Crippen molar-refractivity contribution in [3.8, 4) is 0 Å². The summed E-state index contributed by atoms with van der Waals surface area (Å²) >= 11 is 0. The summed E-state index contributed by atoms with van der Waals surface area (Å²) in [5.74, 6) is 2.23. The van der Waals surface area contributed by atoms with Gasteiger partial charge in [-0.25, -0.2) is 0 Å². The molecule has 0 aromatic carbocycles. The molecular weight excluding hydrogens is 226 g/mol. The normalized spacial score (nSPS) is 14.7. The van der Waals surface area contributed by atoms with E-state index in [1.54, 1.807) is 0 Å². The molecule has 1 aliphatic heterocycles. The highest BCUT2D eigenvalue weighted by molar-refractivity contribution is 5.09. The van der Waals surface area contributed by atoms with Crippen molar-refractivity contribution in [1.82, 2.24) is 24.6 Å². The van der Waals surface area contributed by atoms with E-state index in [0.717, 1.165) is 37.7 Å². The molecule has 2 aromatic heterocycles. The van der Waals surface area contributed by atoms with E-state index in [2.05, 4.69) is 43.0 Å². The standard InChI is InChI=1S/C13H19N5/c1-14-9-11-5-4-7-17(11)10-13-16-15-12-6-2-3-8-18(12)13/h4-5,7,14H,2-3,6,8-10H2,1H3. The van der Waals surface area contributed by atoms with Crippen molar-refractivity contribution in [2.45, 2.75) is 38.9 Å². The lowest BCUT2D eigenvalue weighted by Gasteiger charge is -2.15. The maximum absolute atomic E-state index is 4.35. The highest BCUT2D eigenvalue weighted by Gasteiger charge is 2.16. The summed E-state index contributed by atoms with van der Waals surface area (Å²) in [6.07, 6.45) is 5.67. The summed E-state index contributed by atoms with van der Waals surface area (Å²) in [6, 6.07) is 4.23. The second-order valence-corrected chi connectivity index (χ2v) is 4.80. The van der Waals surface area contributed by atoms with Gasteiger partial charge in [0, 0.05) is 31.4 Å². The van der Waals surface area contributed by atoms with Crippen molar-refractivity contribution in [3.63, 3.8) is 0 Å². The van der Waals surface area contributed by atoms with E-state index >= 15 is 0 Å². The number of nitrogens with one attached hydrogen (secondary N) is 1. The number of nitrogens with zero attached hydrogens (tertiary/aromatic N) is 4. The van der Waals surface area contributed by atoms with Crippen LogP contribution < -0.4 is 5.32 Å². The summed E-state index contributed by atoms with van der Waals surface area (Å²) in [5.41, 5.74) is 1.28. The Morgan fingerprint density at radius 1 is 1.33 bits per heavy atom. The first-order valence-electron chi connectivity index (χ1n) is 6.58. The van der Waals surface area contributed by atoms with E-state index in [4.69, 9.17) is 0 Å². The molecule has 0 unspecified atom stereocenters. The minimum atomic E-state index is 0.816. The molecule has 0 fully saturated rings. The Morgan fingerprint density at radius 3 is 3.17 bits per heavy atom. The van der Waals surface area contributed by atoms with E-state index in [-0.39, 0.29) is 0 Å². The number of fused-ring (bicyclic) bond motifs is 1. The monoisotopic (exact) mass is 245 g/mol. The molecule has 5 nitrogen and oxygen atoms in total. The molecule has 18 heavy (non-hydrogen) atoms. The molecule has 3 rings (SSSR count). The molecule has 0 spiro atoms. The summed E-state index contributed by atoms with van der Waals surface area (Å²) in [7, 11) is 1.97. The van der Waals surface area contributed by atoms with E-state index < -0.39 is 0 Å². The van der Waals surface area contributed by atoms with Crippen molar-refractivity contribution < 1.29 is 0 Å². The first-order valence-corrected chi connectivity index (χ1v) is 6.58. The predicted molar refractivity (Wildman–Crippen MR) is 69.3 cm³/mol. The molecule has 0 aliphatic carbocycles. The fourth-order valence-electron chi connectivity index (χ4n) is 2.58. The maximum atomic E-state index is 4.35. The summed E-state index contributed by atoms with van der Waals surface area (Å²) in [6.45, 7) is 2.77. The molecule has 0 saturated carbocycles. The van der Waals surface area contributed by atoms with Gasteiger partial charge in [0.2, 0.25) is 0 Å². The van der Waals surface area contributed by atoms with Crippen molar-refractivity contribution in [2.24, 2.45) is 0 Å². The van der Waals surface area contributed by atoms with Crippen molar-refractivity contribution in [1.29, 1.82) is 0 Å². The van der Waals surface area contributed by atoms with Crippen LogP contribution in [-0.4, -0.2) is 26.4 Å². The SMILES string of the molecule is CNCc1cccn1Cc1nnc2n1CCCC2. The molecular formula is C13H19N5. The highest BCUT2D eigenvalue weighted by atomic mass is 15.3. The van der Waals surface area contributed by atoms with Gasteiger partial charge in [0.05, 0.1) is 6.54 Å². The number of aromatic nitrogens is 4. The molecule has 1 aliphatic rings. The molecule has 0 atom stereocenters. The van der Waals surface area contributed by atoms with Gasteiger partial charge in [-0.15, -0.1) is 10.2 Å². The van der Waals surface area contributed by atoms with Gasteiger partial charge < -0.3 is 14.5 Å². The van der Waals surface area contributed by atoms with Crippen LogP contribution in [-0.2, 0) is 26.1 Å². The molecule has 0 radical (unpaired) electrons. The third-order valence-electron chi connectivity index (χ3n) is 3.53. The van der Waals surface area contributed by atoms with Gasteiger partial charge in [-0.05, 0) is 32.0 Å². The van der Waals surface area contributed by atoms with Gasteiger partial charge in [0.1, 0.15) is 5.82 Å². The van der Waals surface area contributed by atoms with Crippen LogP contribution in [0.5, 0.6) is 0 Å². The van der Waals surface area contributed by atoms with E-state index in [1.165, 1.54) is 18.5 Å². The number of rotatable bonds is 4. The van der Waals surface area contributed by atoms with E-state index in [9.17, 15) is 0 Å². The number of hydrogen-bond donors (Lipinski definition) is 1. The van der Waals surface area contributed by atoms with Gasteiger partial charge in [-0.2, -0.15) is 0 Å². The Balaban J connectivity index is 1.83. The Kier molecular flexibility index (Phi) is 3.15. The van der Waals surface area contributed by atoms with Crippen LogP contribution in [0.3, 0.4) is 0 Å². The van der Waals surface area contributed by atoms with Crippen LogP contribution >= 0.6 is 0 Å². The van der Waals surface area contributed by atoms with E-state index in [1.807, 2.05) is 7.05 Å². The largest absolute Gasteiger partial charge is 0.343 e. The summed E-state index contributed by atoms with van der Waals surface area (Å²) < 4.78 is 4.52. The quantitative estimate of drug-likeness (QED) is 0.880. The Hall–Kier alpha value is -1.62. The fraction of sp³-hybridized carbons (Fsp3) is 0.538. The molecule has 96 valence electrons. The lowest BCUT2D eigenvalue weighted by atomic mass is 10.2. The molecule has 1 N–H and O–H groups in total. The fourth-order valence-corrected chi connectivity index (χ4v) is 2.58. The number of hydrogen-bond acceptors (Lipinski definition) is 3. The second kappa shape index (κ2) is 4.94. The van der Waals surface area contributed by atoms with Crippen LogP contribution in [0.2, 0.25) is 0 Å². The highest BCUT2D eigenvalue weighted by Crippen LogP contribution is 2.15. The molecule has 0 bridgehead atoms. The Bertz CT molecular complexity index is 525. The molecule has 0 saturated heterocycles. The molecule has 5 heteroatoms. The Labute approximate surface area is 107 Å². The van der Waals surface area contributed by atoms with E-state index in [0.29, 0.717) is 0 Å². The smallest absolute Gasteiger partial charge is 0.153 e. The van der Waals surface area contributed by atoms with Gasteiger partial charge in [-0.3, -0.25) is 0 Å². The van der Waals surface area contributed by atoms with Crippen LogP contribution in [0, 0.1) is 0 Å². The van der Waals surface area contributed by atoms with Crippen LogP contribution in [0.1, 0.15) is 30.2 Å². The van der Waals surface area contributed by atoms with Crippen LogP contribution in [0.25, 0.3) is 0 Å². The zero-order valence-electron chi connectivity index (χ0n) is 10.8. The van der Waals surface area contributed by atoms with Gasteiger partial charge in [-0.1, -0.05) is 0 Å². The third kappa shape index (κ3) is 2.06. The van der Waals surface area contributed by atoms with Gasteiger partial charge in [0.15, 0.2) is 5.82 Å². The Morgan fingerprint density at radius 2 is 2.28 bits per heavy atom. The minimum absolute atomic E-state index is 0.816. The van der Waals surface area contributed by atoms with Crippen molar-refractivity contribution >= 4 is 0 Å². The van der Waals surface area contributed by atoms with Gasteiger partial charge in [0.25, 0.3) is 0 Å². The average Bonchev–Trinajstić information content (AvgIpc) is 2.99. The average molecular weight is 245 g/mol. The van der Waals surface area contributed by atoms with Crippen LogP contribution in [0.15, 0.2) is 18.3 Å². The summed E-state index contributed by atoms with van der Waals surface area (Å²) in [5, 5.41) is 11.8. The third-order valence-corrected chi connectivity index (χ3v) is 3.53. The minimum Gasteiger partial charge on any atom is -0.343 e. The first kappa shape index (κ1) is 11.5. The van der Waals surface area contributed by atoms with Gasteiger partial charge >= 0.3 is 0 Å². The van der Waals surface area contributed by atoms with Crippen LogP contribution in [0.4, 0.5) is 0 Å². The zero-order chi connectivity index (χ0) is 12.4.